The van der Waals surface area contributed by atoms with E-state index in [0.29, 0.717) is 5.69 Å². The highest BCUT2D eigenvalue weighted by Crippen LogP contribution is 2.20. The third-order valence-corrected chi connectivity index (χ3v) is 4.70. The van der Waals surface area contributed by atoms with Gasteiger partial charge in [0, 0.05) is 5.69 Å². The second-order valence-electron chi connectivity index (χ2n) is 5.39. The summed E-state index contributed by atoms with van der Waals surface area (Å²) in [7, 11) is -3.44. The van der Waals surface area contributed by atoms with Gasteiger partial charge in [0.05, 0.1) is 24.0 Å². The number of hydrogen-bond donors (Lipinski definition) is 2. The molecule has 118 valence electrons. The molecule has 0 amide bonds. The Kier molecular flexibility index (Phi) is 4.16. The highest BCUT2D eigenvalue weighted by molar-refractivity contribution is 7.91. The molecule has 0 aliphatic carbocycles. The Balaban J connectivity index is 1.71. The van der Waals surface area contributed by atoms with Gasteiger partial charge in [-0.1, -0.05) is 42.0 Å². The SMILES string of the molecule is Cc1ccc(CS(=O)(=O)Nc2ccc(-c3cnc[nH]3)cc2)cc1. The molecule has 0 aliphatic rings. The average Bonchev–Trinajstić information content (AvgIpc) is 3.04. The number of aromatic amines is 1. The zero-order valence-electron chi connectivity index (χ0n) is 12.7. The monoisotopic (exact) mass is 327 g/mol. The minimum Gasteiger partial charge on any atom is -0.345 e. The van der Waals surface area contributed by atoms with Crippen molar-refractivity contribution in [2.24, 2.45) is 0 Å². The fraction of sp³-hybridized carbons (Fsp3) is 0.118. The number of hydrogen-bond acceptors (Lipinski definition) is 3. The Hall–Kier alpha value is -2.60. The van der Waals surface area contributed by atoms with Crippen LogP contribution in [0.3, 0.4) is 0 Å². The van der Waals surface area contributed by atoms with Crippen molar-refractivity contribution in [2.45, 2.75) is 12.7 Å². The van der Waals surface area contributed by atoms with E-state index in [1.165, 1.54) is 0 Å². The first kappa shape index (κ1) is 15.3. The van der Waals surface area contributed by atoms with Crippen LogP contribution in [0.1, 0.15) is 11.1 Å². The molecule has 0 spiro atoms. The maximum absolute atomic E-state index is 12.2. The number of imidazole rings is 1. The van der Waals surface area contributed by atoms with Crippen LogP contribution in [0.15, 0.2) is 61.1 Å². The largest absolute Gasteiger partial charge is 0.345 e. The molecule has 0 unspecified atom stereocenters. The first-order chi connectivity index (χ1) is 11.0. The van der Waals surface area contributed by atoms with E-state index in [2.05, 4.69) is 14.7 Å². The van der Waals surface area contributed by atoms with Gasteiger partial charge in [0.2, 0.25) is 10.0 Å². The molecule has 0 aliphatic heterocycles. The fourth-order valence-electron chi connectivity index (χ4n) is 2.25. The molecule has 23 heavy (non-hydrogen) atoms. The molecule has 6 heteroatoms. The summed E-state index contributed by atoms with van der Waals surface area (Å²) in [6, 6.07) is 14.6. The van der Waals surface area contributed by atoms with E-state index < -0.39 is 10.0 Å². The summed E-state index contributed by atoms with van der Waals surface area (Å²) >= 11 is 0. The van der Waals surface area contributed by atoms with E-state index >= 15 is 0 Å². The molecule has 2 aromatic carbocycles. The lowest BCUT2D eigenvalue weighted by atomic mass is 10.1. The summed E-state index contributed by atoms with van der Waals surface area (Å²) in [5, 5.41) is 0. The number of aromatic nitrogens is 2. The molecular formula is C17H17N3O2S. The molecule has 5 nitrogen and oxygen atoms in total. The lowest BCUT2D eigenvalue weighted by Gasteiger charge is -2.09. The van der Waals surface area contributed by atoms with E-state index in [1.54, 1.807) is 24.7 Å². The zero-order chi connectivity index (χ0) is 16.3. The summed E-state index contributed by atoms with van der Waals surface area (Å²) in [6.45, 7) is 1.97. The van der Waals surface area contributed by atoms with Crippen molar-refractivity contribution >= 4 is 15.7 Å². The van der Waals surface area contributed by atoms with Crippen molar-refractivity contribution in [1.82, 2.24) is 9.97 Å². The van der Waals surface area contributed by atoms with Crippen LogP contribution in [0, 0.1) is 6.92 Å². The van der Waals surface area contributed by atoms with Crippen LogP contribution < -0.4 is 4.72 Å². The zero-order valence-corrected chi connectivity index (χ0v) is 13.5. The Morgan fingerprint density at radius 3 is 2.35 bits per heavy atom. The van der Waals surface area contributed by atoms with Crippen LogP contribution in [-0.2, 0) is 15.8 Å². The Morgan fingerprint density at radius 1 is 1.04 bits per heavy atom. The quantitative estimate of drug-likeness (QED) is 0.755. The van der Waals surface area contributed by atoms with Gasteiger partial charge in [0.1, 0.15) is 0 Å². The van der Waals surface area contributed by atoms with E-state index in [0.717, 1.165) is 22.4 Å². The number of nitrogens with one attached hydrogen (secondary N) is 2. The number of H-pyrrole nitrogens is 1. The summed E-state index contributed by atoms with van der Waals surface area (Å²) in [5.41, 5.74) is 4.24. The molecule has 0 fully saturated rings. The number of rotatable bonds is 5. The van der Waals surface area contributed by atoms with Crippen molar-refractivity contribution < 1.29 is 8.42 Å². The van der Waals surface area contributed by atoms with E-state index in [-0.39, 0.29) is 5.75 Å². The number of benzene rings is 2. The van der Waals surface area contributed by atoms with Gasteiger partial charge >= 0.3 is 0 Å². The van der Waals surface area contributed by atoms with Crippen LogP contribution in [0.25, 0.3) is 11.3 Å². The van der Waals surface area contributed by atoms with Crippen LogP contribution in [-0.4, -0.2) is 18.4 Å². The van der Waals surface area contributed by atoms with Gasteiger partial charge < -0.3 is 4.98 Å². The Morgan fingerprint density at radius 2 is 1.74 bits per heavy atom. The van der Waals surface area contributed by atoms with E-state index in [1.807, 2.05) is 43.3 Å². The number of anilines is 1. The second kappa shape index (κ2) is 6.26. The van der Waals surface area contributed by atoms with E-state index in [4.69, 9.17) is 0 Å². The summed E-state index contributed by atoms with van der Waals surface area (Å²) < 4.78 is 27.1. The van der Waals surface area contributed by atoms with Gasteiger partial charge in [-0.05, 0) is 30.2 Å². The normalized spacial score (nSPS) is 11.3. The van der Waals surface area contributed by atoms with Crippen molar-refractivity contribution in [3.05, 3.63) is 72.2 Å². The molecule has 0 saturated heterocycles. The van der Waals surface area contributed by atoms with Crippen LogP contribution in [0.5, 0.6) is 0 Å². The number of aryl methyl sites for hydroxylation is 1. The standard InChI is InChI=1S/C17H17N3O2S/c1-13-2-4-14(5-3-13)11-23(21,22)20-16-8-6-15(7-9-16)17-10-18-12-19-17/h2-10,12,20H,11H2,1H3,(H,18,19). The molecule has 3 rings (SSSR count). The molecule has 1 heterocycles. The fourth-order valence-corrected chi connectivity index (χ4v) is 3.45. The molecule has 2 N–H and O–H groups in total. The third kappa shape index (κ3) is 3.98. The van der Waals surface area contributed by atoms with Crippen molar-refractivity contribution in [3.63, 3.8) is 0 Å². The molecule has 1 aromatic heterocycles. The molecule has 0 radical (unpaired) electrons. The second-order valence-corrected chi connectivity index (χ2v) is 7.11. The minimum atomic E-state index is -3.44. The summed E-state index contributed by atoms with van der Waals surface area (Å²) in [5.74, 6) is -0.0461. The van der Waals surface area contributed by atoms with Gasteiger partial charge in [-0.2, -0.15) is 0 Å². The summed E-state index contributed by atoms with van der Waals surface area (Å²) in [6.07, 6.45) is 3.32. The predicted molar refractivity (Wildman–Crippen MR) is 91.4 cm³/mol. The number of nitrogens with zero attached hydrogens (tertiary/aromatic N) is 1. The third-order valence-electron chi connectivity index (χ3n) is 3.44. The first-order valence-electron chi connectivity index (χ1n) is 7.17. The van der Waals surface area contributed by atoms with Crippen LogP contribution >= 0.6 is 0 Å². The maximum atomic E-state index is 12.2. The van der Waals surface area contributed by atoms with Crippen LogP contribution in [0.2, 0.25) is 0 Å². The molecule has 0 bridgehead atoms. The van der Waals surface area contributed by atoms with Gasteiger partial charge in [-0.3, -0.25) is 4.72 Å². The number of sulfonamides is 1. The first-order valence-corrected chi connectivity index (χ1v) is 8.82. The van der Waals surface area contributed by atoms with Crippen molar-refractivity contribution in [2.75, 3.05) is 4.72 Å². The lowest BCUT2D eigenvalue weighted by Crippen LogP contribution is -2.15. The van der Waals surface area contributed by atoms with Gasteiger partial charge in [0.25, 0.3) is 0 Å². The molecule has 3 aromatic rings. The highest BCUT2D eigenvalue weighted by atomic mass is 32.2. The van der Waals surface area contributed by atoms with Gasteiger partial charge in [0.15, 0.2) is 0 Å². The van der Waals surface area contributed by atoms with Crippen molar-refractivity contribution in [3.8, 4) is 11.3 Å². The Bertz CT molecular complexity index is 869. The summed E-state index contributed by atoms with van der Waals surface area (Å²) in [4.78, 5) is 6.97. The van der Waals surface area contributed by atoms with Gasteiger partial charge in [-0.15, -0.1) is 0 Å². The maximum Gasteiger partial charge on any atom is 0.236 e. The van der Waals surface area contributed by atoms with Crippen molar-refractivity contribution in [1.29, 1.82) is 0 Å². The average molecular weight is 327 g/mol. The van der Waals surface area contributed by atoms with E-state index in [9.17, 15) is 8.42 Å². The molecule has 0 saturated carbocycles. The van der Waals surface area contributed by atoms with Crippen LogP contribution in [0.4, 0.5) is 5.69 Å². The smallest absolute Gasteiger partial charge is 0.236 e. The van der Waals surface area contributed by atoms with Gasteiger partial charge in [-0.25, -0.2) is 13.4 Å². The molecular weight excluding hydrogens is 310 g/mol. The Labute approximate surface area is 135 Å². The topological polar surface area (TPSA) is 74.8 Å². The highest BCUT2D eigenvalue weighted by Gasteiger charge is 2.12. The lowest BCUT2D eigenvalue weighted by molar-refractivity contribution is 0.600. The predicted octanol–water partition coefficient (Wildman–Crippen LogP) is 3.33. The minimum absolute atomic E-state index is 0.0461. The molecule has 0 atom stereocenters.